The number of carbonyl (C=O) groups is 2. The summed E-state index contributed by atoms with van der Waals surface area (Å²) in [4.78, 5) is 45.7. The van der Waals surface area contributed by atoms with Crippen molar-refractivity contribution in [2.75, 3.05) is 25.0 Å². The normalized spacial score (nSPS) is 16.1. The van der Waals surface area contributed by atoms with Crippen LogP contribution in [0.1, 0.15) is 42.4 Å². The number of amides is 2. The fourth-order valence-corrected chi connectivity index (χ4v) is 3.79. The first kappa shape index (κ1) is 24.2. The van der Waals surface area contributed by atoms with Crippen molar-refractivity contribution in [1.82, 2.24) is 25.5 Å². The molecule has 2 heterocycles. The van der Waals surface area contributed by atoms with Crippen LogP contribution in [0.15, 0.2) is 41.8 Å². The zero-order chi connectivity index (χ0) is 23.8. The van der Waals surface area contributed by atoms with Crippen LogP contribution in [-0.2, 0) is 17.8 Å². The minimum Gasteiger partial charge on any atom is -0.366 e. The fraction of sp³-hybridized carbons (Fsp3) is 0.478. The lowest BCUT2D eigenvalue weighted by atomic mass is 9.99. The second-order valence-corrected chi connectivity index (χ2v) is 8.46. The van der Waals surface area contributed by atoms with Gasteiger partial charge in [-0.05, 0) is 31.4 Å². The van der Waals surface area contributed by atoms with E-state index in [2.05, 4.69) is 48.1 Å². The molecule has 2 amide bonds. The number of nitrogens with one attached hydrogen (secondary N) is 3. The van der Waals surface area contributed by atoms with E-state index in [1.165, 1.54) is 30.4 Å². The van der Waals surface area contributed by atoms with Crippen molar-refractivity contribution in [3.63, 3.8) is 0 Å². The van der Waals surface area contributed by atoms with Crippen LogP contribution in [0.4, 0.5) is 5.82 Å². The average molecular weight is 454 g/mol. The highest BCUT2D eigenvalue weighted by Crippen LogP contribution is 2.19. The lowest BCUT2D eigenvalue weighted by Crippen LogP contribution is -2.46. The van der Waals surface area contributed by atoms with E-state index in [1.54, 1.807) is 6.92 Å². The van der Waals surface area contributed by atoms with Gasteiger partial charge in [0.15, 0.2) is 0 Å². The lowest BCUT2D eigenvalue weighted by molar-refractivity contribution is -0.118. The highest BCUT2D eigenvalue weighted by atomic mass is 16.3. The zero-order valence-corrected chi connectivity index (χ0v) is 19.2. The molecule has 0 aliphatic carbocycles. The summed E-state index contributed by atoms with van der Waals surface area (Å²) >= 11 is 0. The van der Waals surface area contributed by atoms with Gasteiger partial charge in [0.2, 0.25) is 5.91 Å². The summed E-state index contributed by atoms with van der Waals surface area (Å²) in [5, 5.41) is 12.0. The summed E-state index contributed by atoms with van der Waals surface area (Å²) in [5.41, 5.74) is 2.78. The maximum Gasteiger partial charge on any atom is 0.270 e. The Kier molecular flexibility index (Phi) is 8.42. The number of nitrogens with zero attached hydrogens (tertiary/aromatic N) is 4. The maximum atomic E-state index is 12.7. The van der Waals surface area contributed by atoms with Gasteiger partial charge >= 0.3 is 0 Å². The van der Waals surface area contributed by atoms with Crippen LogP contribution >= 0.6 is 0 Å². The van der Waals surface area contributed by atoms with Gasteiger partial charge in [0.25, 0.3) is 5.91 Å². The van der Waals surface area contributed by atoms with E-state index in [0.29, 0.717) is 18.9 Å². The third kappa shape index (κ3) is 7.04. The minimum absolute atomic E-state index is 0.0862. The number of rotatable bonds is 10. The highest BCUT2D eigenvalue weighted by Gasteiger charge is 2.26. The minimum atomic E-state index is -0.587. The van der Waals surface area contributed by atoms with Crippen molar-refractivity contribution < 1.29 is 9.59 Å². The van der Waals surface area contributed by atoms with Crippen LogP contribution < -0.4 is 16.0 Å². The topological polar surface area (TPSA) is 129 Å². The Labute approximate surface area is 193 Å². The SMILES string of the molecule is CC(=O)NCC(C)Nc1cc(C(=O)NC(C)C(CN2CCc3ccccc3C2)N=O)ncn1. The number of hydrogen-bond donors (Lipinski definition) is 3. The van der Waals surface area contributed by atoms with Crippen molar-refractivity contribution in [3.05, 3.63) is 58.4 Å². The molecule has 33 heavy (non-hydrogen) atoms. The average Bonchev–Trinajstić information content (AvgIpc) is 2.81. The highest BCUT2D eigenvalue weighted by molar-refractivity contribution is 5.93. The molecule has 0 bridgehead atoms. The Hall–Kier alpha value is -3.40. The molecule has 0 fully saturated rings. The van der Waals surface area contributed by atoms with Gasteiger partial charge in [-0.2, -0.15) is 4.91 Å². The second-order valence-electron chi connectivity index (χ2n) is 8.46. The van der Waals surface area contributed by atoms with Gasteiger partial charge in [-0.3, -0.25) is 14.5 Å². The molecule has 1 aromatic heterocycles. The molecule has 0 radical (unpaired) electrons. The summed E-state index contributed by atoms with van der Waals surface area (Å²) < 4.78 is 0. The molecule has 1 aromatic carbocycles. The van der Waals surface area contributed by atoms with Gasteiger partial charge in [0, 0.05) is 45.2 Å². The van der Waals surface area contributed by atoms with Gasteiger partial charge < -0.3 is 16.0 Å². The number of aromatic nitrogens is 2. The van der Waals surface area contributed by atoms with E-state index in [0.717, 1.165) is 19.5 Å². The van der Waals surface area contributed by atoms with Gasteiger partial charge in [0.1, 0.15) is 23.9 Å². The Morgan fingerprint density at radius 1 is 1.18 bits per heavy atom. The Morgan fingerprint density at radius 2 is 1.94 bits per heavy atom. The summed E-state index contributed by atoms with van der Waals surface area (Å²) in [6.07, 6.45) is 2.23. The van der Waals surface area contributed by atoms with Crippen molar-refractivity contribution in [3.8, 4) is 0 Å². The van der Waals surface area contributed by atoms with Gasteiger partial charge in [-0.25, -0.2) is 9.97 Å². The molecule has 2 aromatic rings. The molecular formula is C23H31N7O3. The maximum absolute atomic E-state index is 12.7. The van der Waals surface area contributed by atoms with E-state index < -0.39 is 18.0 Å². The number of fused-ring (bicyclic) bond motifs is 1. The van der Waals surface area contributed by atoms with Crippen molar-refractivity contribution in [2.45, 2.75) is 51.9 Å². The molecular weight excluding hydrogens is 422 g/mol. The molecule has 3 N–H and O–H groups in total. The summed E-state index contributed by atoms with van der Waals surface area (Å²) in [7, 11) is 0. The van der Waals surface area contributed by atoms with Crippen LogP contribution in [0.5, 0.6) is 0 Å². The zero-order valence-electron chi connectivity index (χ0n) is 19.2. The smallest absolute Gasteiger partial charge is 0.270 e. The number of benzene rings is 1. The molecule has 1 aliphatic heterocycles. The van der Waals surface area contributed by atoms with Gasteiger partial charge in [-0.15, -0.1) is 0 Å². The van der Waals surface area contributed by atoms with E-state index in [-0.39, 0.29) is 17.6 Å². The first-order chi connectivity index (χ1) is 15.9. The lowest BCUT2D eigenvalue weighted by Gasteiger charge is -2.31. The molecule has 3 atom stereocenters. The third-order valence-electron chi connectivity index (χ3n) is 5.68. The second kappa shape index (κ2) is 11.5. The van der Waals surface area contributed by atoms with Gasteiger partial charge in [-0.1, -0.05) is 29.4 Å². The van der Waals surface area contributed by atoms with Crippen molar-refractivity contribution >= 4 is 17.6 Å². The number of nitroso groups, excluding NO2 is 1. The van der Waals surface area contributed by atoms with E-state index in [9.17, 15) is 14.5 Å². The number of carbonyl (C=O) groups excluding carboxylic acids is 2. The van der Waals surface area contributed by atoms with E-state index in [4.69, 9.17) is 0 Å². The quantitative estimate of drug-likeness (QED) is 0.467. The predicted octanol–water partition coefficient (Wildman–Crippen LogP) is 1.72. The Balaban J connectivity index is 1.55. The summed E-state index contributed by atoms with van der Waals surface area (Å²) in [6, 6.07) is 8.71. The first-order valence-electron chi connectivity index (χ1n) is 11.1. The Bertz CT molecular complexity index is 984. The standard InChI is InChI=1S/C23H31N7O3/c1-15(11-24-17(3)31)27-22-10-20(25-14-26-22)23(32)28-16(2)21(29-33)13-30-9-8-18-6-4-5-7-19(18)12-30/h4-7,10,14-16,21H,8-9,11-13H2,1-3H3,(H,24,31)(H,28,32)(H,25,26,27). The third-order valence-corrected chi connectivity index (χ3v) is 5.68. The molecule has 176 valence electrons. The molecule has 0 saturated carbocycles. The summed E-state index contributed by atoms with van der Waals surface area (Å²) in [5.74, 6) is -0.0506. The van der Waals surface area contributed by atoms with E-state index in [1.807, 2.05) is 19.1 Å². The van der Waals surface area contributed by atoms with Crippen molar-refractivity contribution in [1.29, 1.82) is 0 Å². The largest absolute Gasteiger partial charge is 0.366 e. The molecule has 3 unspecified atom stereocenters. The van der Waals surface area contributed by atoms with Crippen LogP contribution in [0, 0.1) is 4.91 Å². The number of hydrogen-bond acceptors (Lipinski definition) is 8. The number of anilines is 1. The van der Waals surface area contributed by atoms with Gasteiger partial charge in [0.05, 0.1) is 6.04 Å². The van der Waals surface area contributed by atoms with Crippen LogP contribution in [0.25, 0.3) is 0 Å². The molecule has 10 nitrogen and oxygen atoms in total. The molecule has 3 rings (SSSR count). The van der Waals surface area contributed by atoms with Crippen LogP contribution in [0.3, 0.4) is 0 Å². The first-order valence-corrected chi connectivity index (χ1v) is 11.1. The summed E-state index contributed by atoms with van der Waals surface area (Å²) in [6.45, 7) is 7.62. The predicted molar refractivity (Wildman–Crippen MR) is 126 cm³/mol. The Morgan fingerprint density at radius 3 is 2.67 bits per heavy atom. The van der Waals surface area contributed by atoms with Crippen LogP contribution in [0.2, 0.25) is 0 Å². The fourth-order valence-electron chi connectivity index (χ4n) is 3.79. The van der Waals surface area contributed by atoms with Crippen LogP contribution in [-0.4, -0.2) is 64.4 Å². The monoisotopic (exact) mass is 453 g/mol. The van der Waals surface area contributed by atoms with E-state index >= 15 is 0 Å². The molecule has 10 heteroatoms. The molecule has 0 saturated heterocycles. The molecule has 0 spiro atoms. The van der Waals surface area contributed by atoms with Crippen molar-refractivity contribution in [2.24, 2.45) is 5.18 Å². The molecule has 1 aliphatic rings.